The van der Waals surface area contributed by atoms with Crippen LogP contribution in [0.5, 0.6) is 0 Å². The Morgan fingerprint density at radius 2 is 1.91 bits per heavy atom. The Labute approximate surface area is 185 Å². The van der Waals surface area contributed by atoms with Crippen LogP contribution in [0, 0.1) is 5.41 Å². The number of nitrogens with one attached hydrogen (secondary N) is 2. The molecule has 1 heterocycles. The molecule has 3 rings (SSSR count). The second kappa shape index (κ2) is 9.58. The molecule has 32 heavy (non-hydrogen) atoms. The van der Waals surface area contributed by atoms with Crippen molar-refractivity contribution in [3.8, 4) is 0 Å². The van der Waals surface area contributed by atoms with Crippen molar-refractivity contribution in [3.63, 3.8) is 0 Å². The van der Waals surface area contributed by atoms with E-state index in [-0.39, 0.29) is 24.9 Å². The van der Waals surface area contributed by atoms with Crippen LogP contribution in [-0.4, -0.2) is 73.0 Å². The Bertz CT molecular complexity index is 1040. The summed E-state index contributed by atoms with van der Waals surface area (Å²) < 4.78 is 5.41. The summed E-state index contributed by atoms with van der Waals surface area (Å²) >= 11 is 0. The zero-order valence-electron chi connectivity index (χ0n) is 17.7. The summed E-state index contributed by atoms with van der Waals surface area (Å²) in [5.41, 5.74) is 7.15. The van der Waals surface area contributed by atoms with Gasteiger partial charge in [0.2, 0.25) is 0 Å². The summed E-state index contributed by atoms with van der Waals surface area (Å²) in [5.74, 6) is -1.71. The normalized spacial score (nSPS) is 16.9. The van der Waals surface area contributed by atoms with Crippen molar-refractivity contribution in [2.45, 2.75) is 12.2 Å². The maximum Gasteiger partial charge on any atom is 0.259 e. The van der Waals surface area contributed by atoms with Gasteiger partial charge in [0.1, 0.15) is 5.84 Å². The molecule has 2 aromatic rings. The number of ether oxygens (including phenoxy) is 1. The van der Waals surface area contributed by atoms with Crippen LogP contribution in [0.15, 0.2) is 48.5 Å². The minimum absolute atomic E-state index is 0.111. The number of hydrogen-bond donors (Lipinski definition) is 4. The smallest absolute Gasteiger partial charge is 0.259 e. The number of amides is 3. The lowest BCUT2D eigenvalue weighted by Gasteiger charge is -2.34. The van der Waals surface area contributed by atoms with Gasteiger partial charge in [-0.1, -0.05) is 6.07 Å². The summed E-state index contributed by atoms with van der Waals surface area (Å²) in [6.07, 6.45) is -3.14. The predicted octanol–water partition coefficient (Wildman–Crippen LogP) is 0.404. The van der Waals surface area contributed by atoms with E-state index in [1.165, 1.54) is 21.9 Å². The maximum atomic E-state index is 13.0. The topological polar surface area (TPSA) is 149 Å². The summed E-state index contributed by atoms with van der Waals surface area (Å²) in [4.78, 5) is 40.6. The summed E-state index contributed by atoms with van der Waals surface area (Å²) in [6, 6.07) is 12.7. The molecule has 1 aliphatic rings. The summed E-state index contributed by atoms with van der Waals surface area (Å²) in [7, 11) is 3.26. The summed E-state index contributed by atoms with van der Waals surface area (Å²) in [6.45, 7) is 0.329. The molecule has 1 saturated heterocycles. The number of benzene rings is 2. The first kappa shape index (κ1) is 22.9. The first-order valence-electron chi connectivity index (χ1n) is 9.87. The van der Waals surface area contributed by atoms with E-state index in [0.717, 1.165) is 0 Å². The average molecular weight is 439 g/mol. The standard InChI is InChI=1S/C22H25N5O5/c1-26(2)21(30)14-4-3-5-16(12-14)27-10-11-32-18(22(27)31)17(28)20(29)25-15-8-6-13(7-9-15)19(23)24/h3-9,12,17-18,28H,10-11H2,1-2H3,(H3,23,24)(H,25,29)/t17-,18-/m1/s1. The van der Waals surface area contributed by atoms with Gasteiger partial charge in [0, 0.05) is 43.1 Å². The molecule has 1 fully saturated rings. The molecule has 2 aromatic carbocycles. The molecule has 1 aliphatic heterocycles. The van der Waals surface area contributed by atoms with Gasteiger partial charge in [0.05, 0.1) is 6.61 Å². The van der Waals surface area contributed by atoms with Crippen LogP contribution in [0.4, 0.5) is 11.4 Å². The number of aliphatic hydroxyl groups excluding tert-OH is 1. The van der Waals surface area contributed by atoms with Crippen LogP contribution in [0.3, 0.4) is 0 Å². The second-order valence-electron chi connectivity index (χ2n) is 7.46. The van der Waals surface area contributed by atoms with E-state index < -0.39 is 24.0 Å². The van der Waals surface area contributed by atoms with Gasteiger partial charge >= 0.3 is 0 Å². The molecule has 0 unspecified atom stereocenters. The molecule has 168 valence electrons. The number of carbonyl (C=O) groups excluding carboxylic acids is 3. The van der Waals surface area contributed by atoms with E-state index in [1.807, 2.05) is 0 Å². The third-order valence-electron chi connectivity index (χ3n) is 4.95. The SMILES string of the molecule is CN(C)C(=O)c1cccc(N2CCO[C@H]([C@@H](O)C(=O)Nc3ccc(C(=N)N)cc3)C2=O)c1. The van der Waals surface area contributed by atoms with Gasteiger partial charge < -0.3 is 30.7 Å². The van der Waals surface area contributed by atoms with Crippen molar-refractivity contribution in [1.29, 1.82) is 5.41 Å². The van der Waals surface area contributed by atoms with Crippen molar-refractivity contribution < 1.29 is 24.2 Å². The van der Waals surface area contributed by atoms with Crippen molar-refractivity contribution in [2.75, 3.05) is 37.5 Å². The van der Waals surface area contributed by atoms with Crippen LogP contribution >= 0.6 is 0 Å². The number of hydrogen-bond acceptors (Lipinski definition) is 6. The lowest BCUT2D eigenvalue weighted by Crippen LogP contribution is -2.55. The van der Waals surface area contributed by atoms with E-state index in [9.17, 15) is 19.5 Å². The second-order valence-corrected chi connectivity index (χ2v) is 7.46. The number of aliphatic hydroxyl groups is 1. The van der Waals surface area contributed by atoms with Crippen LogP contribution in [0.2, 0.25) is 0 Å². The Kier molecular flexibility index (Phi) is 6.86. The largest absolute Gasteiger partial charge is 0.384 e. The first-order chi connectivity index (χ1) is 15.2. The first-order valence-corrected chi connectivity index (χ1v) is 9.87. The van der Waals surface area contributed by atoms with Gasteiger partial charge in [-0.3, -0.25) is 19.8 Å². The van der Waals surface area contributed by atoms with E-state index in [4.69, 9.17) is 15.9 Å². The highest BCUT2D eigenvalue weighted by Crippen LogP contribution is 2.22. The number of rotatable bonds is 6. The third kappa shape index (κ3) is 4.93. The van der Waals surface area contributed by atoms with Crippen molar-refractivity contribution in [3.05, 3.63) is 59.7 Å². The quantitative estimate of drug-likeness (QED) is 0.378. The van der Waals surface area contributed by atoms with Crippen LogP contribution in [0.1, 0.15) is 15.9 Å². The maximum absolute atomic E-state index is 13.0. The van der Waals surface area contributed by atoms with Crippen LogP contribution in [-0.2, 0) is 14.3 Å². The Balaban J connectivity index is 1.72. The average Bonchev–Trinajstić information content (AvgIpc) is 2.78. The summed E-state index contributed by atoms with van der Waals surface area (Å²) in [5, 5.41) is 20.4. The Morgan fingerprint density at radius 3 is 2.53 bits per heavy atom. The third-order valence-corrected chi connectivity index (χ3v) is 4.95. The zero-order chi connectivity index (χ0) is 23.4. The van der Waals surface area contributed by atoms with Crippen molar-refractivity contribution in [2.24, 2.45) is 5.73 Å². The highest BCUT2D eigenvalue weighted by Gasteiger charge is 2.39. The number of carbonyl (C=O) groups is 3. The minimum atomic E-state index is -1.75. The van der Waals surface area contributed by atoms with Crippen LogP contribution in [0.25, 0.3) is 0 Å². The molecule has 0 bridgehead atoms. The highest BCUT2D eigenvalue weighted by molar-refractivity contribution is 6.04. The van der Waals surface area contributed by atoms with E-state index in [0.29, 0.717) is 22.5 Å². The molecule has 10 nitrogen and oxygen atoms in total. The number of nitrogen functional groups attached to an aromatic ring is 1. The molecular weight excluding hydrogens is 414 g/mol. The molecule has 0 saturated carbocycles. The van der Waals surface area contributed by atoms with E-state index in [1.54, 1.807) is 50.5 Å². The number of morpholine rings is 1. The monoisotopic (exact) mass is 439 g/mol. The fourth-order valence-corrected chi connectivity index (χ4v) is 3.24. The molecule has 0 aromatic heterocycles. The van der Waals surface area contributed by atoms with Gasteiger partial charge in [-0.2, -0.15) is 0 Å². The lowest BCUT2D eigenvalue weighted by molar-refractivity contribution is -0.150. The van der Waals surface area contributed by atoms with Gasteiger partial charge in [-0.25, -0.2) is 0 Å². The van der Waals surface area contributed by atoms with Crippen LogP contribution < -0.4 is 16.0 Å². The van der Waals surface area contributed by atoms with E-state index in [2.05, 4.69) is 5.32 Å². The van der Waals surface area contributed by atoms with E-state index >= 15 is 0 Å². The molecule has 0 radical (unpaired) electrons. The molecule has 10 heteroatoms. The Morgan fingerprint density at radius 1 is 1.22 bits per heavy atom. The Hall–Kier alpha value is -3.76. The van der Waals surface area contributed by atoms with Gasteiger partial charge in [0.25, 0.3) is 17.7 Å². The number of anilines is 2. The number of amidine groups is 1. The number of nitrogens with zero attached hydrogens (tertiary/aromatic N) is 2. The fourth-order valence-electron chi connectivity index (χ4n) is 3.24. The fraction of sp³-hybridized carbons (Fsp3) is 0.273. The lowest BCUT2D eigenvalue weighted by atomic mass is 10.1. The molecule has 3 amide bonds. The van der Waals surface area contributed by atoms with Gasteiger partial charge in [0.15, 0.2) is 12.2 Å². The zero-order valence-corrected chi connectivity index (χ0v) is 17.7. The van der Waals surface area contributed by atoms with Crippen molar-refractivity contribution >= 4 is 34.9 Å². The molecular formula is C22H25N5O5. The number of nitrogens with two attached hydrogens (primary N) is 1. The van der Waals surface area contributed by atoms with Gasteiger partial charge in [-0.05, 0) is 42.5 Å². The molecule has 2 atom stereocenters. The molecule has 0 aliphatic carbocycles. The van der Waals surface area contributed by atoms with Gasteiger partial charge in [-0.15, -0.1) is 0 Å². The minimum Gasteiger partial charge on any atom is -0.384 e. The molecule has 5 N–H and O–H groups in total. The van der Waals surface area contributed by atoms with Crippen molar-refractivity contribution in [1.82, 2.24) is 4.90 Å². The highest BCUT2D eigenvalue weighted by atomic mass is 16.5. The molecule has 0 spiro atoms. The predicted molar refractivity (Wildman–Crippen MR) is 119 cm³/mol.